The lowest BCUT2D eigenvalue weighted by Crippen LogP contribution is -2.18. The third-order valence-corrected chi connectivity index (χ3v) is 4.44. The van der Waals surface area contributed by atoms with Gasteiger partial charge in [-0.3, -0.25) is 4.57 Å². The Bertz CT molecular complexity index is 602. The molecular weight excluding hydrogens is 274 g/mol. The van der Waals surface area contributed by atoms with Crippen molar-refractivity contribution in [1.82, 2.24) is 14.8 Å². The highest BCUT2D eigenvalue weighted by molar-refractivity contribution is 7.99. The van der Waals surface area contributed by atoms with Crippen LogP contribution < -0.4 is 5.69 Å². The Kier molecular flexibility index (Phi) is 4.22. The van der Waals surface area contributed by atoms with Crippen molar-refractivity contribution >= 4 is 11.8 Å². The highest BCUT2D eigenvalue weighted by atomic mass is 32.2. The zero-order chi connectivity index (χ0) is 13.8. The fraction of sp³-hybridized carbons (Fsp3) is 0.429. The normalized spacial score (nSPS) is 18.5. The summed E-state index contributed by atoms with van der Waals surface area (Å²) in [6.45, 7) is 1.40. The van der Waals surface area contributed by atoms with Gasteiger partial charge in [0, 0.05) is 12.4 Å². The molecule has 1 atom stereocenters. The lowest BCUT2D eigenvalue weighted by atomic mass is 10.2. The van der Waals surface area contributed by atoms with E-state index < -0.39 is 0 Å². The first-order valence-electron chi connectivity index (χ1n) is 6.76. The molecule has 1 saturated heterocycles. The molecule has 0 saturated carbocycles. The van der Waals surface area contributed by atoms with Crippen LogP contribution in [0, 0.1) is 0 Å². The van der Waals surface area contributed by atoms with Gasteiger partial charge in [-0.2, -0.15) is 0 Å². The Morgan fingerprint density at radius 2 is 2.25 bits per heavy atom. The zero-order valence-electron chi connectivity index (χ0n) is 11.1. The first-order chi connectivity index (χ1) is 9.83. The fourth-order valence-electron chi connectivity index (χ4n) is 2.26. The molecule has 1 aliphatic rings. The van der Waals surface area contributed by atoms with Crippen molar-refractivity contribution in [1.29, 1.82) is 0 Å². The van der Waals surface area contributed by atoms with Gasteiger partial charge < -0.3 is 4.74 Å². The molecule has 2 heterocycles. The largest absolute Gasteiger partial charge is 0.377 e. The van der Waals surface area contributed by atoms with Crippen LogP contribution in [0.5, 0.6) is 0 Å². The monoisotopic (exact) mass is 291 g/mol. The number of thioether (sulfide) groups is 1. The number of benzene rings is 1. The van der Waals surface area contributed by atoms with Crippen LogP contribution in [0.1, 0.15) is 18.4 Å². The average Bonchev–Trinajstić information content (AvgIpc) is 3.10. The third-order valence-electron chi connectivity index (χ3n) is 3.33. The summed E-state index contributed by atoms with van der Waals surface area (Å²) in [7, 11) is 0. The smallest absolute Gasteiger partial charge is 0.344 e. The van der Waals surface area contributed by atoms with E-state index >= 15 is 0 Å². The topological polar surface area (TPSA) is 59.9 Å². The number of hydrogen-bond donors (Lipinski definition) is 1. The van der Waals surface area contributed by atoms with Crippen molar-refractivity contribution in [3.8, 4) is 0 Å². The Balaban J connectivity index is 1.70. The number of ether oxygens (including phenoxy) is 1. The number of nitrogens with one attached hydrogen (secondary N) is 1. The summed E-state index contributed by atoms with van der Waals surface area (Å²) >= 11 is 1.58. The third kappa shape index (κ3) is 3.13. The SMILES string of the molecule is O=c1[nH]nc(SC[C@@H]2CCCO2)n1Cc1ccccc1. The summed E-state index contributed by atoms with van der Waals surface area (Å²) in [5, 5.41) is 7.37. The molecule has 0 bridgehead atoms. The van der Waals surface area contributed by atoms with E-state index in [0.717, 1.165) is 35.9 Å². The quantitative estimate of drug-likeness (QED) is 0.855. The van der Waals surface area contributed by atoms with Crippen molar-refractivity contribution in [3.05, 3.63) is 46.4 Å². The van der Waals surface area contributed by atoms with E-state index in [4.69, 9.17) is 4.74 Å². The molecule has 1 N–H and O–H groups in total. The molecule has 20 heavy (non-hydrogen) atoms. The summed E-state index contributed by atoms with van der Waals surface area (Å²) in [5.74, 6) is 0.846. The van der Waals surface area contributed by atoms with Gasteiger partial charge in [-0.15, -0.1) is 5.10 Å². The molecule has 1 aromatic heterocycles. The van der Waals surface area contributed by atoms with E-state index in [1.165, 1.54) is 0 Å². The van der Waals surface area contributed by atoms with Gasteiger partial charge in [0.1, 0.15) is 0 Å². The molecule has 6 heteroatoms. The Morgan fingerprint density at radius 1 is 1.40 bits per heavy atom. The summed E-state index contributed by atoms with van der Waals surface area (Å²) in [6.07, 6.45) is 2.51. The molecule has 1 fully saturated rings. The lowest BCUT2D eigenvalue weighted by molar-refractivity contribution is 0.129. The van der Waals surface area contributed by atoms with Gasteiger partial charge >= 0.3 is 5.69 Å². The Labute approximate surface area is 121 Å². The molecule has 5 nitrogen and oxygen atoms in total. The number of hydrogen-bond acceptors (Lipinski definition) is 4. The second-order valence-electron chi connectivity index (χ2n) is 4.83. The van der Waals surface area contributed by atoms with E-state index in [1.54, 1.807) is 16.3 Å². The lowest BCUT2D eigenvalue weighted by Gasteiger charge is -2.09. The Morgan fingerprint density at radius 3 is 3.00 bits per heavy atom. The van der Waals surface area contributed by atoms with Crippen molar-refractivity contribution in [3.63, 3.8) is 0 Å². The molecule has 3 rings (SSSR count). The predicted octanol–water partition coefficient (Wildman–Crippen LogP) is 1.89. The first kappa shape index (κ1) is 13.5. The summed E-state index contributed by atoms with van der Waals surface area (Å²) in [4.78, 5) is 11.8. The summed E-state index contributed by atoms with van der Waals surface area (Å²) in [6, 6.07) is 9.93. The standard InChI is InChI=1S/C14H17N3O2S/c18-13-15-16-14(20-10-12-7-4-8-19-12)17(13)9-11-5-2-1-3-6-11/h1-3,5-6,12H,4,7-10H2,(H,15,18)/t12-/m0/s1. The molecule has 1 aromatic carbocycles. The van der Waals surface area contributed by atoms with Crippen molar-refractivity contribution < 1.29 is 4.74 Å². The number of aromatic amines is 1. The van der Waals surface area contributed by atoms with Gasteiger partial charge in [0.15, 0.2) is 5.16 Å². The fourth-order valence-corrected chi connectivity index (χ4v) is 3.27. The van der Waals surface area contributed by atoms with E-state index in [2.05, 4.69) is 10.2 Å². The molecule has 1 aliphatic heterocycles. The zero-order valence-corrected chi connectivity index (χ0v) is 11.9. The number of nitrogens with zero attached hydrogens (tertiary/aromatic N) is 2. The first-order valence-corrected chi connectivity index (χ1v) is 7.75. The second kappa shape index (κ2) is 6.28. The second-order valence-corrected chi connectivity index (χ2v) is 5.82. The Hall–Kier alpha value is -1.53. The van der Waals surface area contributed by atoms with Crippen LogP contribution in [0.3, 0.4) is 0 Å². The molecule has 0 aliphatic carbocycles. The van der Waals surface area contributed by atoms with Crippen molar-refractivity contribution in [2.24, 2.45) is 0 Å². The van der Waals surface area contributed by atoms with Gasteiger partial charge in [0.25, 0.3) is 0 Å². The van der Waals surface area contributed by atoms with Crippen LogP contribution in [0.4, 0.5) is 0 Å². The van der Waals surface area contributed by atoms with Crippen LogP contribution in [0.2, 0.25) is 0 Å². The van der Waals surface area contributed by atoms with Crippen LogP contribution in [-0.4, -0.2) is 33.2 Å². The highest BCUT2D eigenvalue weighted by Gasteiger charge is 2.18. The van der Waals surface area contributed by atoms with Gasteiger partial charge in [0.05, 0.1) is 12.6 Å². The predicted molar refractivity (Wildman–Crippen MR) is 78.1 cm³/mol. The molecule has 106 valence electrons. The van der Waals surface area contributed by atoms with E-state index in [-0.39, 0.29) is 11.8 Å². The van der Waals surface area contributed by atoms with Crippen molar-refractivity contribution in [2.75, 3.05) is 12.4 Å². The number of aromatic nitrogens is 3. The van der Waals surface area contributed by atoms with Gasteiger partial charge in [-0.05, 0) is 18.4 Å². The molecule has 0 spiro atoms. The summed E-state index contributed by atoms with van der Waals surface area (Å²) < 4.78 is 7.27. The number of H-pyrrole nitrogens is 1. The maximum atomic E-state index is 11.8. The average molecular weight is 291 g/mol. The maximum Gasteiger partial charge on any atom is 0.344 e. The van der Waals surface area contributed by atoms with Gasteiger partial charge in [-0.1, -0.05) is 42.1 Å². The molecular formula is C14H17N3O2S. The molecule has 0 amide bonds. The van der Waals surface area contributed by atoms with E-state index in [0.29, 0.717) is 6.54 Å². The summed E-state index contributed by atoms with van der Waals surface area (Å²) in [5.41, 5.74) is 0.929. The van der Waals surface area contributed by atoms with Crippen LogP contribution in [0.25, 0.3) is 0 Å². The van der Waals surface area contributed by atoms with E-state index in [1.807, 2.05) is 30.3 Å². The maximum absolute atomic E-state index is 11.8. The van der Waals surface area contributed by atoms with Crippen LogP contribution >= 0.6 is 11.8 Å². The molecule has 0 radical (unpaired) electrons. The van der Waals surface area contributed by atoms with Crippen LogP contribution in [-0.2, 0) is 11.3 Å². The molecule has 0 unspecified atom stereocenters. The van der Waals surface area contributed by atoms with Crippen molar-refractivity contribution in [2.45, 2.75) is 30.6 Å². The minimum absolute atomic E-state index is 0.163. The van der Waals surface area contributed by atoms with E-state index in [9.17, 15) is 4.79 Å². The van der Waals surface area contributed by atoms with Crippen LogP contribution in [0.15, 0.2) is 40.3 Å². The minimum atomic E-state index is -0.163. The van der Waals surface area contributed by atoms with Gasteiger partial charge in [-0.25, -0.2) is 9.89 Å². The minimum Gasteiger partial charge on any atom is -0.377 e. The van der Waals surface area contributed by atoms with Gasteiger partial charge in [0.2, 0.25) is 0 Å². The molecule has 2 aromatic rings. The highest BCUT2D eigenvalue weighted by Crippen LogP contribution is 2.21. The number of rotatable bonds is 5.